The topological polar surface area (TPSA) is 259 Å². The van der Waals surface area contributed by atoms with Crippen LogP contribution in [0.3, 0.4) is 0 Å². The summed E-state index contributed by atoms with van der Waals surface area (Å²) in [7, 11) is 0. The first-order valence-electron chi connectivity index (χ1n) is 21.2. The van der Waals surface area contributed by atoms with Crippen molar-refractivity contribution in [1.82, 2.24) is 0 Å². The summed E-state index contributed by atoms with van der Waals surface area (Å²) in [5, 5.41) is 84.2. The summed E-state index contributed by atoms with van der Waals surface area (Å²) in [6.45, 7) is 9.91. The zero-order valence-corrected chi connectivity index (χ0v) is 33.9. The van der Waals surface area contributed by atoms with Crippen LogP contribution in [0.4, 0.5) is 0 Å². The third-order valence-corrected chi connectivity index (χ3v) is 17.9. The molecule has 0 radical (unpaired) electrons. The lowest BCUT2D eigenvalue weighted by Crippen LogP contribution is -2.66. The van der Waals surface area contributed by atoms with Crippen molar-refractivity contribution in [3.8, 4) is 0 Å². The Hall–Kier alpha value is -2.25. The first-order chi connectivity index (χ1) is 27.2. The van der Waals surface area contributed by atoms with Gasteiger partial charge in [-0.2, -0.15) is 0 Å². The van der Waals surface area contributed by atoms with Gasteiger partial charge in [0.25, 0.3) is 0 Å². The van der Waals surface area contributed by atoms with E-state index < -0.39 is 91.5 Å². The van der Waals surface area contributed by atoms with E-state index >= 15 is 0 Å². The predicted octanol–water partition coefficient (Wildman–Crippen LogP) is 1.49. The highest BCUT2D eigenvalue weighted by Crippen LogP contribution is 2.89. The maximum absolute atomic E-state index is 13.7. The first kappa shape index (κ1) is 42.4. The van der Waals surface area contributed by atoms with Crippen molar-refractivity contribution in [2.24, 2.45) is 50.7 Å². The third kappa shape index (κ3) is 5.79. The number of aliphatic hydroxyl groups is 6. The number of rotatable bonds is 9. The van der Waals surface area contributed by atoms with Crippen molar-refractivity contribution in [3.63, 3.8) is 0 Å². The van der Waals surface area contributed by atoms with Gasteiger partial charge in [0.15, 0.2) is 18.7 Å². The van der Waals surface area contributed by atoms with Crippen molar-refractivity contribution in [3.05, 3.63) is 11.6 Å². The molecule has 0 aromatic rings. The third-order valence-electron chi connectivity index (χ3n) is 17.9. The van der Waals surface area contributed by atoms with Gasteiger partial charge in [0.2, 0.25) is 0 Å². The van der Waals surface area contributed by atoms with E-state index in [9.17, 15) is 55.2 Å². The zero-order chi connectivity index (χ0) is 42.1. The number of carboxylic acids is 2. The fourth-order valence-electron chi connectivity index (χ4n) is 14.5. The average molecular weight is 823 g/mol. The van der Waals surface area contributed by atoms with Crippen LogP contribution in [0.1, 0.15) is 98.8 Å². The molecule has 5 aliphatic carbocycles. The second-order valence-electron chi connectivity index (χ2n) is 19.9. The van der Waals surface area contributed by atoms with Crippen molar-refractivity contribution in [1.29, 1.82) is 0 Å². The summed E-state index contributed by atoms with van der Waals surface area (Å²) in [5.41, 5.74) is -0.996. The minimum atomic E-state index is -2.02. The van der Waals surface area contributed by atoms with Gasteiger partial charge in [-0.15, -0.1) is 0 Å². The van der Waals surface area contributed by atoms with Gasteiger partial charge < -0.3 is 64.5 Å². The second-order valence-corrected chi connectivity index (χ2v) is 19.9. The molecule has 0 amide bonds. The van der Waals surface area contributed by atoms with Crippen LogP contribution in [-0.4, -0.2) is 139 Å². The molecule has 5 saturated carbocycles. The molecule has 0 aromatic heterocycles. The molecule has 8 rings (SSSR count). The lowest BCUT2D eigenvalue weighted by atomic mass is 9.41. The number of hydrogen-bond acceptors (Lipinski definition) is 14. The maximum atomic E-state index is 13.7. The highest BCUT2D eigenvalue weighted by atomic mass is 16.8. The minimum absolute atomic E-state index is 0.0157. The molecular weight excluding hydrogens is 760 g/mol. The van der Waals surface area contributed by atoms with Crippen molar-refractivity contribution in [2.45, 2.75) is 172 Å². The number of aliphatic hydroxyl groups excluding tert-OH is 6. The van der Waals surface area contributed by atoms with Gasteiger partial charge in [-0.25, -0.2) is 9.59 Å². The van der Waals surface area contributed by atoms with Crippen molar-refractivity contribution < 1.29 is 78.9 Å². The first-order valence-corrected chi connectivity index (χ1v) is 21.2. The summed E-state index contributed by atoms with van der Waals surface area (Å²) in [4.78, 5) is 38.0. The monoisotopic (exact) mass is 822 g/mol. The molecule has 8 N–H and O–H groups in total. The van der Waals surface area contributed by atoms with E-state index in [1.54, 1.807) is 13.8 Å². The number of hydrogen-bond donors (Lipinski definition) is 8. The van der Waals surface area contributed by atoms with Crippen LogP contribution in [0, 0.1) is 50.7 Å². The number of ether oxygens (including phenoxy) is 5. The highest BCUT2D eigenvalue weighted by molar-refractivity contribution is 5.88. The molecular formula is C42H62O16. The summed E-state index contributed by atoms with van der Waals surface area (Å²) < 4.78 is 29.5. The summed E-state index contributed by atoms with van der Waals surface area (Å²) in [5.74, 6) is -2.23. The van der Waals surface area contributed by atoms with Crippen molar-refractivity contribution in [2.75, 3.05) is 6.61 Å². The predicted molar refractivity (Wildman–Crippen MR) is 198 cm³/mol. The number of aliphatic carboxylic acids is 2. The smallest absolute Gasteiger partial charge is 0.335 e. The average Bonchev–Trinajstić information content (AvgIpc) is 3.77. The van der Waals surface area contributed by atoms with Gasteiger partial charge in [0.05, 0.1) is 18.1 Å². The quantitative estimate of drug-likeness (QED) is 0.121. The van der Waals surface area contributed by atoms with Crippen LogP contribution in [0.2, 0.25) is 0 Å². The Balaban J connectivity index is 1.04. The van der Waals surface area contributed by atoms with E-state index in [1.807, 2.05) is 6.08 Å². The standard InChI is InChI=1S/C42H62O16/c1-18-6-7-21(54-34(18)51)19(2)20-10-12-39(4)23-8-9-24-40(5,37(52)53)25(11-13-41(24)17-42(23,41)15-14-38(20,39)3)56-36-32(28(46)26(44)22(16-43)55-36)58-35-30(48)27(45)29(47)31(57-35)33(49)50/h6,19-32,35-36,43-48H,7-17H2,1-5H3,(H,49,50)(H,52,53)/t19-,20+,21-,22+,23-,24+,25-,26+,27-,28-,29-,30+,31-,32+,35-,36-,38+,39-,40-,41+,42-/m0/s1. The number of fused-ring (bicyclic) bond motifs is 2. The highest BCUT2D eigenvalue weighted by Gasteiger charge is 2.83. The van der Waals surface area contributed by atoms with Gasteiger partial charge in [0, 0.05) is 12.0 Å². The maximum Gasteiger partial charge on any atom is 0.335 e. The summed E-state index contributed by atoms with van der Waals surface area (Å²) >= 11 is 0. The Labute approximate surface area is 337 Å². The molecule has 2 spiro atoms. The molecule has 7 fully saturated rings. The largest absolute Gasteiger partial charge is 0.481 e. The SMILES string of the molecule is CC1=CC[C@@H]([C@@H](C)[C@H]2CC[C@@]3(C)[C@@H]4CC[C@@H]5[C@](C)(C(=O)O)[C@@H](O[C@@H]6O[C@H](CO)[C@@H](O)[C@H](O)[C@H]6O[C@@H]6O[C@H](C(=O)O)[C@@H](O)[C@H](O)[C@H]6O)CC[C@@]56C[C@@]46CC[C@]23C)OC1=O. The number of esters is 1. The Kier molecular flexibility index (Phi) is 10.5. The molecule has 0 bridgehead atoms. The number of carboxylic acid groups (broad SMARTS) is 2. The number of cyclic esters (lactones) is 1. The molecule has 2 saturated heterocycles. The summed E-state index contributed by atoms with van der Waals surface area (Å²) in [6, 6.07) is 0. The molecule has 0 aromatic carbocycles. The fraction of sp³-hybridized carbons (Fsp3) is 0.881. The molecule has 0 unspecified atom stereocenters. The van der Waals surface area contributed by atoms with E-state index in [1.165, 1.54) is 0 Å². The Morgan fingerprint density at radius 2 is 1.50 bits per heavy atom. The number of carbonyl (C=O) groups excluding carboxylic acids is 1. The van der Waals surface area contributed by atoms with E-state index in [0.717, 1.165) is 44.9 Å². The molecule has 8 aliphatic rings. The molecule has 16 heteroatoms. The lowest BCUT2D eigenvalue weighted by molar-refractivity contribution is -0.374. The minimum Gasteiger partial charge on any atom is -0.481 e. The molecule has 326 valence electrons. The molecule has 21 atom stereocenters. The van der Waals surface area contributed by atoms with Gasteiger partial charge in [-0.05, 0) is 117 Å². The molecule has 16 nitrogen and oxygen atoms in total. The van der Waals surface area contributed by atoms with E-state index in [-0.39, 0.29) is 45.6 Å². The van der Waals surface area contributed by atoms with Crippen LogP contribution in [0.5, 0.6) is 0 Å². The lowest BCUT2D eigenvalue weighted by Gasteiger charge is -2.63. The number of carbonyl (C=O) groups is 3. The summed E-state index contributed by atoms with van der Waals surface area (Å²) in [6.07, 6.45) is -9.10. The van der Waals surface area contributed by atoms with Gasteiger partial charge in [0.1, 0.15) is 48.8 Å². The van der Waals surface area contributed by atoms with Gasteiger partial charge in [-0.3, -0.25) is 4.79 Å². The van der Waals surface area contributed by atoms with E-state index in [2.05, 4.69) is 20.8 Å². The van der Waals surface area contributed by atoms with Gasteiger partial charge >= 0.3 is 17.9 Å². The van der Waals surface area contributed by atoms with Gasteiger partial charge in [-0.1, -0.05) is 26.8 Å². The van der Waals surface area contributed by atoms with Crippen LogP contribution in [0.15, 0.2) is 11.6 Å². The van der Waals surface area contributed by atoms with Crippen molar-refractivity contribution >= 4 is 17.9 Å². The van der Waals surface area contributed by atoms with Crippen LogP contribution >= 0.6 is 0 Å². The fourth-order valence-corrected chi connectivity index (χ4v) is 14.5. The molecule has 3 heterocycles. The Morgan fingerprint density at radius 3 is 2.16 bits per heavy atom. The Bertz CT molecular complexity index is 1690. The van der Waals surface area contributed by atoms with Crippen LogP contribution in [-0.2, 0) is 38.1 Å². The van der Waals surface area contributed by atoms with E-state index in [4.69, 9.17) is 23.7 Å². The molecule has 58 heavy (non-hydrogen) atoms. The van der Waals surface area contributed by atoms with Crippen LogP contribution < -0.4 is 0 Å². The second kappa shape index (κ2) is 14.4. The normalized spacial score (nSPS) is 54.2. The molecule has 3 aliphatic heterocycles. The Morgan fingerprint density at radius 1 is 0.810 bits per heavy atom. The zero-order valence-electron chi connectivity index (χ0n) is 33.9. The van der Waals surface area contributed by atoms with E-state index in [0.29, 0.717) is 36.7 Å². The van der Waals surface area contributed by atoms with Crippen LogP contribution in [0.25, 0.3) is 0 Å².